The zero-order valence-corrected chi connectivity index (χ0v) is 13.4. The van der Waals surface area contributed by atoms with Gasteiger partial charge in [-0.2, -0.15) is 4.31 Å². The van der Waals surface area contributed by atoms with Crippen LogP contribution in [0.3, 0.4) is 0 Å². The van der Waals surface area contributed by atoms with E-state index in [2.05, 4.69) is 0 Å². The molecule has 1 aromatic rings. The highest BCUT2D eigenvalue weighted by Gasteiger charge is 2.28. The summed E-state index contributed by atoms with van der Waals surface area (Å²) in [7, 11) is -3.65. The van der Waals surface area contributed by atoms with Crippen LogP contribution in [0.15, 0.2) is 28.7 Å². The Kier molecular flexibility index (Phi) is 4.76. The van der Waals surface area contributed by atoms with Crippen molar-refractivity contribution in [3.63, 3.8) is 0 Å². The summed E-state index contributed by atoms with van der Waals surface area (Å²) in [5.41, 5.74) is 7.29. The Morgan fingerprint density at radius 2 is 2.05 bits per heavy atom. The van der Waals surface area contributed by atoms with Crippen LogP contribution in [-0.4, -0.2) is 25.8 Å². The third-order valence-corrected chi connectivity index (χ3v) is 5.98. The van der Waals surface area contributed by atoms with Crippen molar-refractivity contribution in [2.24, 2.45) is 5.73 Å². The van der Waals surface area contributed by atoms with E-state index in [0.29, 0.717) is 23.7 Å². The van der Waals surface area contributed by atoms with Crippen LogP contribution >= 0.6 is 23.2 Å². The van der Waals surface area contributed by atoms with Gasteiger partial charge in [0.25, 0.3) is 0 Å². The van der Waals surface area contributed by atoms with Crippen molar-refractivity contribution < 1.29 is 8.42 Å². The fourth-order valence-electron chi connectivity index (χ4n) is 2.06. The number of hydrogen-bond donors (Lipinski definition) is 1. The molecule has 0 saturated carbocycles. The molecule has 1 aliphatic rings. The summed E-state index contributed by atoms with van der Waals surface area (Å²) < 4.78 is 26.7. The average molecular weight is 335 g/mol. The summed E-state index contributed by atoms with van der Waals surface area (Å²) in [6.07, 6.45) is 2.63. The Morgan fingerprint density at radius 3 is 2.60 bits per heavy atom. The number of rotatable bonds is 3. The van der Waals surface area contributed by atoms with Crippen LogP contribution in [0, 0.1) is 0 Å². The maximum Gasteiger partial charge on any atom is 0.244 e. The molecule has 0 bridgehead atoms. The monoisotopic (exact) mass is 334 g/mol. The predicted molar refractivity (Wildman–Crippen MR) is 81.5 cm³/mol. The summed E-state index contributed by atoms with van der Waals surface area (Å²) in [5.74, 6) is 0. The van der Waals surface area contributed by atoms with Gasteiger partial charge in [-0.15, -0.1) is 0 Å². The lowest BCUT2D eigenvalue weighted by Crippen LogP contribution is -2.35. The molecular weight excluding hydrogens is 319 g/mol. The van der Waals surface area contributed by atoms with Crippen molar-refractivity contribution >= 4 is 33.2 Å². The van der Waals surface area contributed by atoms with Gasteiger partial charge in [-0.3, -0.25) is 0 Å². The molecule has 0 atom stereocenters. The molecule has 0 amide bonds. The molecule has 4 nitrogen and oxygen atoms in total. The van der Waals surface area contributed by atoms with E-state index >= 15 is 0 Å². The first-order chi connectivity index (χ1) is 9.36. The number of nitrogens with two attached hydrogens (primary N) is 1. The lowest BCUT2D eigenvalue weighted by molar-refractivity contribution is 0.431. The van der Waals surface area contributed by atoms with Gasteiger partial charge in [-0.1, -0.05) is 34.9 Å². The minimum absolute atomic E-state index is 0.0278. The van der Waals surface area contributed by atoms with E-state index in [1.165, 1.54) is 15.9 Å². The van der Waals surface area contributed by atoms with E-state index < -0.39 is 10.0 Å². The number of halogens is 2. The molecule has 0 saturated heterocycles. The number of sulfonamides is 1. The first-order valence-corrected chi connectivity index (χ1v) is 8.39. The van der Waals surface area contributed by atoms with E-state index in [1.807, 2.05) is 13.0 Å². The molecular formula is C13H16Cl2N2O2S. The Bertz CT molecular complexity index is 657. The molecule has 2 N–H and O–H groups in total. The maximum atomic E-state index is 12.6. The van der Waals surface area contributed by atoms with Crippen LogP contribution in [0.2, 0.25) is 10.0 Å². The Morgan fingerprint density at radius 1 is 1.35 bits per heavy atom. The highest BCUT2D eigenvalue weighted by molar-refractivity contribution is 7.89. The summed E-state index contributed by atoms with van der Waals surface area (Å²) in [5, 5.41) is 0.473. The highest BCUT2D eigenvalue weighted by Crippen LogP contribution is 2.32. The van der Waals surface area contributed by atoms with Crippen molar-refractivity contribution in [3.8, 4) is 0 Å². The summed E-state index contributed by atoms with van der Waals surface area (Å²) in [6.45, 7) is 2.93. The molecule has 1 aliphatic heterocycles. The third kappa shape index (κ3) is 3.02. The number of nitrogens with zero attached hydrogens (tertiary/aromatic N) is 1. The van der Waals surface area contributed by atoms with Gasteiger partial charge >= 0.3 is 0 Å². The lowest BCUT2D eigenvalue weighted by atomic mass is 10.1. The minimum Gasteiger partial charge on any atom is -0.326 e. The van der Waals surface area contributed by atoms with Crippen LogP contribution in [0.4, 0.5) is 0 Å². The van der Waals surface area contributed by atoms with Crippen LogP contribution in [-0.2, 0) is 16.6 Å². The molecule has 20 heavy (non-hydrogen) atoms. The van der Waals surface area contributed by atoms with Gasteiger partial charge < -0.3 is 5.73 Å². The molecule has 0 fully saturated rings. The molecule has 0 unspecified atom stereocenters. The molecule has 7 heteroatoms. The predicted octanol–water partition coefficient (Wildman–Crippen LogP) is 2.79. The second kappa shape index (κ2) is 6.03. The average Bonchev–Trinajstić information content (AvgIpc) is 2.41. The summed E-state index contributed by atoms with van der Waals surface area (Å²) >= 11 is 12.1. The fraction of sp³-hybridized carbons (Fsp3) is 0.385. The topological polar surface area (TPSA) is 63.4 Å². The fourth-order valence-corrected chi connectivity index (χ4v) is 4.36. The smallest absolute Gasteiger partial charge is 0.244 e. The van der Waals surface area contributed by atoms with Crippen molar-refractivity contribution in [3.05, 3.63) is 39.4 Å². The largest absolute Gasteiger partial charge is 0.326 e. The van der Waals surface area contributed by atoms with Gasteiger partial charge in [0.1, 0.15) is 4.90 Å². The standard InChI is InChI=1S/C13H16Cl2N2O2S/c1-9-2-4-17(5-3-9)20(18,19)12-7-11(14)6-10(8-16)13(12)15/h2,6-7H,3-5,8,16H2,1H3. The van der Waals surface area contributed by atoms with E-state index in [9.17, 15) is 8.42 Å². The van der Waals surface area contributed by atoms with Crippen molar-refractivity contribution in [2.75, 3.05) is 13.1 Å². The molecule has 0 aliphatic carbocycles. The van der Waals surface area contributed by atoms with E-state index in [1.54, 1.807) is 6.07 Å². The van der Waals surface area contributed by atoms with Crippen LogP contribution < -0.4 is 5.73 Å². The summed E-state index contributed by atoms with van der Waals surface area (Å²) in [6, 6.07) is 2.97. The highest BCUT2D eigenvalue weighted by atomic mass is 35.5. The second-order valence-corrected chi connectivity index (χ2v) is 7.47. The van der Waals surface area contributed by atoms with Gasteiger partial charge in [0.05, 0.1) is 5.02 Å². The van der Waals surface area contributed by atoms with Crippen LogP contribution in [0.1, 0.15) is 18.9 Å². The van der Waals surface area contributed by atoms with Gasteiger partial charge in [0.15, 0.2) is 0 Å². The second-order valence-electron chi connectivity index (χ2n) is 4.74. The van der Waals surface area contributed by atoms with E-state index in [4.69, 9.17) is 28.9 Å². The first-order valence-electron chi connectivity index (χ1n) is 6.20. The van der Waals surface area contributed by atoms with Gasteiger partial charge in [0, 0.05) is 24.7 Å². The molecule has 0 radical (unpaired) electrons. The van der Waals surface area contributed by atoms with Crippen molar-refractivity contribution in [1.82, 2.24) is 4.31 Å². The van der Waals surface area contributed by atoms with Crippen LogP contribution in [0.5, 0.6) is 0 Å². The number of benzene rings is 1. The third-order valence-electron chi connectivity index (χ3n) is 3.32. The first kappa shape index (κ1) is 15.8. The quantitative estimate of drug-likeness (QED) is 0.864. The molecule has 0 aromatic heterocycles. The Balaban J connectivity index is 2.47. The van der Waals surface area contributed by atoms with E-state index in [0.717, 1.165) is 6.42 Å². The zero-order valence-electron chi connectivity index (χ0n) is 11.1. The van der Waals surface area contributed by atoms with Crippen molar-refractivity contribution in [1.29, 1.82) is 0 Å². The minimum atomic E-state index is -3.65. The Labute approximate surface area is 129 Å². The maximum absolute atomic E-state index is 12.6. The SMILES string of the molecule is CC1=CCN(S(=O)(=O)c2cc(Cl)cc(CN)c2Cl)CC1. The Hall–Kier alpha value is -0.590. The van der Waals surface area contributed by atoms with E-state index in [-0.39, 0.29) is 16.5 Å². The molecule has 0 spiro atoms. The van der Waals surface area contributed by atoms with Gasteiger partial charge in [-0.05, 0) is 31.0 Å². The van der Waals surface area contributed by atoms with Crippen molar-refractivity contribution in [2.45, 2.75) is 24.8 Å². The molecule has 110 valence electrons. The number of hydrogen-bond acceptors (Lipinski definition) is 3. The summed E-state index contributed by atoms with van der Waals surface area (Å²) in [4.78, 5) is 0.0278. The lowest BCUT2D eigenvalue weighted by Gasteiger charge is -2.25. The molecule has 1 aromatic carbocycles. The van der Waals surface area contributed by atoms with Gasteiger partial charge in [0.2, 0.25) is 10.0 Å². The van der Waals surface area contributed by atoms with Gasteiger partial charge in [-0.25, -0.2) is 8.42 Å². The van der Waals surface area contributed by atoms with Crippen LogP contribution in [0.25, 0.3) is 0 Å². The zero-order chi connectivity index (χ0) is 14.9. The normalized spacial score (nSPS) is 17.1. The molecule has 2 rings (SSSR count). The molecule has 1 heterocycles.